The first-order valence-electron chi connectivity index (χ1n) is 36.9. The largest absolute Gasteiger partial charge is 0.394 e. The van der Waals surface area contributed by atoms with Crippen LogP contribution in [-0.4, -0.2) is 193 Å². The van der Waals surface area contributed by atoms with Crippen molar-refractivity contribution in [1.29, 1.82) is 0 Å². The second-order valence-electron chi connectivity index (χ2n) is 26.4. The van der Waals surface area contributed by atoms with Crippen molar-refractivity contribution >= 4 is 5.91 Å². The normalized spacial score (nSPS) is 27.9. The summed E-state index contributed by atoms with van der Waals surface area (Å²) < 4.78 is 34.4. The number of ether oxygens (including phenoxy) is 6. The fourth-order valence-corrected chi connectivity index (χ4v) is 12.4. The highest BCUT2D eigenvalue weighted by molar-refractivity contribution is 5.76. The third kappa shape index (κ3) is 35.8. The first-order chi connectivity index (χ1) is 44.8. The molecule has 0 aliphatic carbocycles. The van der Waals surface area contributed by atoms with Gasteiger partial charge in [-0.05, 0) is 57.8 Å². The number of amides is 1. The van der Waals surface area contributed by atoms with Crippen molar-refractivity contribution in [2.45, 2.75) is 381 Å². The van der Waals surface area contributed by atoms with E-state index in [0.29, 0.717) is 6.42 Å². The minimum atomic E-state index is -1.98. The number of unbranched alkanes of at least 4 members (excludes halogenated alkanes) is 35. The Bertz CT molecular complexity index is 1860. The molecular weight excluding hydrogens is 1180 g/mol. The molecule has 3 heterocycles. The fourth-order valence-electron chi connectivity index (χ4n) is 12.4. The molecule has 538 valence electrons. The van der Waals surface area contributed by atoms with Crippen LogP contribution in [0.15, 0.2) is 48.6 Å². The van der Waals surface area contributed by atoms with Crippen LogP contribution in [0.4, 0.5) is 0 Å². The van der Waals surface area contributed by atoms with Crippen molar-refractivity contribution in [3.05, 3.63) is 48.6 Å². The lowest BCUT2D eigenvalue weighted by Gasteiger charge is -2.48. The van der Waals surface area contributed by atoms with Gasteiger partial charge in [0, 0.05) is 6.42 Å². The maximum Gasteiger partial charge on any atom is 0.220 e. The van der Waals surface area contributed by atoms with E-state index < -0.39 is 124 Å². The molecule has 1 amide bonds. The van der Waals surface area contributed by atoms with Gasteiger partial charge in [-0.3, -0.25) is 4.79 Å². The molecule has 0 aromatic carbocycles. The summed E-state index contributed by atoms with van der Waals surface area (Å²) in [7, 11) is 0. The van der Waals surface area contributed by atoms with Crippen molar-refractivity contribution in [2.24, 2.45) is 0 Å². The van der Waals surface area contributed by atoms with E-state index in [4.69, 9.17) is 28.4 Å². The lowest BCUT2D eigenvalue weighted by molar-refractivity contribution is -0.379. The van der Waals surface area contributed by atoms with E-state index in [1.165, 1.54) is 180 Å². The van der Waals surface area contributed by atoms with Crippen LogP contribution in [0.1, 0.15) is 277 Å². The SMILES string of the molecule is CCCCCCC/C=C\C/C=C\C/C=C\CCCCCCCCCCC(=O)NC(COC1OC(CO)C(OC2OC(CO)C(OC3OC(CO)C(O)C(O)C3O)C(O)C2O)C(O)C1O)C(O)/C=C/CCCCCCCCCCCCCCCCCCCCCCCC. The number of hydrogen-bond acceptors (Lipinski definition) is 18. The van der Waals surface area contributed by atoms with Crippen molar-refractivity contribution < 1.29 is 89.4 Å². The molecule has 19 heteroatoms. The molecule has 17 unspecified atom stereocenters. The number of aliphatic hydroxyl groups excluding tert-OH is 11. The van der Waals surface area contributed by atoms with E-state index in [0.717, 1.165) is 70.6 Å². The lowest BCUT2D eigenvalue weighted by Crippen LogP contribution is -2.66. The van der Waals surface area contributed by atoms with Crippen molar-refractivity contribution in [3.8, 4) is 0 Å². The van der Waals surface area contributed by atoms with Gasteiger partial charge < -0.3 is 89.9 Å². The Balaban J connectivity index is 1.43. The molecule has 0 saturated carbocycles. The van der Waals surface area contributed by atoms with Crippen molar-refractivity contribution in [3.63, 3.8) is 0 Å². The third-order valence-corrected chi connectivity index (χ3v) is 18.4. The summed E-state index contributed by atoms with van der Waals surface area (Å²) in [5, 5.41) is 121. The van der Waals surface area contributed by atoms with E-state index in [2.05, 4.69) is 55.6 Å². The molecule has 3 saturated heterocycles. The highest BCUT2D eigenvalue weighted by Crippen LogP contribution is 2.33. The zero-order valence-electron chi connectivity index (χ0n) is 57.0. The number of aliphatic hydroxyl groups is 11. The van der Waals surface area contributed by atoms with Gasteiger partial charge in [0.05, 0.1) is 38.6 Å². The molecule has 0 aromatic heterocycles. The second kappa shape index (κ2) is 54.7. The van der Waals surface area contributed by atoms with Gasteiger partial charge in [0.1, 0.15) is 73.2 Å². The summed E-state index contributed by atoms with van der Waals surface area (Å²) in [6.07, 6.45) is 39.3. The monoisotopic (exact) mass is 1310 g/mol. The molecule has 3 rings (SSSR count). The molecule has 92 heavy (non-hydrogen) atoms. The molecule has 3 aliphatic rings. The molecule has 3 aliphatic heterocycles. The molecule has 17 atom stereocenters. The molecule has 0 spiro atoms. The summed E-state index contributed by atoms with van der Waals surface area (Å²) in [6.45, 7) is 1.74. The standard InChI is InChI=1S/C73H133NO18/c1-3-5-7-9-11-13-15-17-19-21-23-25-27-29-30-32-34-36-38-40-42-44-46-48-50-57(78)56(74-61(79)51-49-47-45-43-41-39-37-35-33-31-28-26-24-22-20-18-16-14-12-10-8-6-4-2)55-87-71-67(85)64(82)69(59(53-76)89-71)92-73-68(86)65(83)70(60(54-77)90-73)91-72-66(84)63(81)62(80)58(52-75)88-72/h16,18,22,24,28,31,48,50,56-60,62-73,75-78,80-86H,3-15,17,19-21,23,25-27,29-30,32-47,49,51-55H2,1-2H3,(H,74,79)/b18-16-,24-22-,31-28-,50-48+. The number of hydrogen-bond donors (Lipinski definition) is 12. The van der Waals surface area contributed by atoms with Crippen LogP contribution in [0.3, 0.4) is 0 Å². The molecular formula is C73H133NO18. The molecule has 12 N–H and O–H groups in total. The quantitative estimate of drug-likeness (QED) is 0.0199. The minimum absolute atomic E-state index is 0.234. The maximum absolute atomic E-state index is 13.4. The van der Waals surface area contributed by atoms with Crippen molar-refractivity contribution in [1.82, 2.24) is 5.32 Å². The zero-order chi connectivity index (χ0) is 66.8. The van der Waals surface area contributed by atoms with E-state index >= 15 is 0 Å². The van der Waals surface area contributed by atoms with E-state index in [1.54, 1.807) is 6.08 Å². The average molecular weight is 1310 g/mol. The van der Waals surface area contributed by atoms with Crippen LogP contribution in [0, 0.1) is 0 Å². The Kier molecular flexibility index (Phi) is 50.0. The summed E-state index contributed by atoms with van der Waals surface area (Å²) in [6, 6.07) is -0.980. The number of rotatable bonds is 57. The topological polar surface area (TPSA) is 307 Å². The van der Waals surface area contributed by atoms with Crippen LogP contribution < -0.4 is 5.32 Å². The second-order valence-corrected chi connectivity index (χ2v) is 26.4. The lowest BCUT2D eigenvalue weighted by atomic mass is 9.96. The van der Waals surface area contributed by atoms with Gasteiger partial charge in [-0.1, -0.05) is 262 Å². The molecule has 0 radical (unpaired) electrons. The van der Waals surface area contributed by atoms with Gasteiger partial charge in [0.2, 0.25) is 5.91 Å². The summed E-state index contributed by atoms with van der Waals surface area (Å²) in [5.74, 6) is -0.281. The van der Waals surface area contributed by atoms with E-state index in [-0.39, 0.29) is 18.9 Å². The fraction of sp³-hybridized carbons (Fsp3) is 0.877. The summed E-state index contributed by atoms with van der Waals surface area (Å²) >= 11 is 0. The predicted molar refractivity (Wildman–Crippen MR) is 360 cm³/mol. The highest BCUT2D eigenvalue weighted by atomic mass is 16.8. The van der Waals surface area contributed by atoms with Gasteiger partial charge in [0.15, 0.2) is 18.9 Å². The molecule has 0 bridgehead atoms. The van der Waals surface area contributed by atoms with Gasteiger partial charge >= 0.3 is 0 Å². The third-order valence-electron chi connectivity index (χ3n) is 18.4. The van der Waals surface area contributed by atoms with Crippen LogP contribution in [0.2, 0.25) is 0 Å². The van der Waals surface area contributed by atoms with E-state index in [9.17, 15) is 61.0 Å². The minimum Gasteiger partial charge on any atom is -0.394 e. The first-order valence-corrected chi connectivity index (χ1v) is 36.9. The first kappa shape index (κ1) is 84.0. The Morgan fingerprint density at radius 3 is 1.12 bits per heavy atom. The molecule has 3 fully saturated rings. The van der Waals surface area contributed by atoms with Crippen LogP contribution in [0.5, 0.6) is 0 Å². The van der Waals surface area contributed by atoms with Crippen LogP contribution in [0.25, 0.3) is 0 Å². The van der Waals surface area contributed by atoms with Gasteiger partial charge in [-0.25, -0.2) is 0 Å². The van der Waals surface area contributed by atoms with Gasteiger partial charge in [-0.15, -0.1) is 0 Å². The predicted octanol–water partition coefficient (Wildman–Crippen LogP) is 10.6. The average Bonchev–Trinajstić information content (AvgIpc) is 0.838. The Morgan fingerprint density at radius 1 is 0.391 bits per heavy atom. The Labute approximate surface area is 554 Å². The van der Waals surface area contributed by atoms with Gasteiger partial charge in [0.25, 0.3) is 0 Å². The van der Waals surface area contributed by atoms with E-state index in [1.807, 2.05) is 6.08 Å². The highest BCUT2D eigenvalue weighted by Gasteiger charge is 2.53. The maximum atomic E-state index is 13.4. The number of nitrogens with one attached hydrogen (secondary N) is 1. The van der Waals surface area contributed by atoms with Gasteiger partial charge in [-0.2, -0.15) is 0 Å². The summed E-state index contributed by atoms with van der Waals surface area (Å²) in [5.41, 5.74) is 0. The van der Waals surface area contributed by atoms with Crippen LogP contribution in [-0.2, 0) is 33.2 Å². The Hall–Kier alpha value is -2.25. The smallest absolute Gasteiger partial charge is 0.220 e. The Morgan fingerprint density at radius 2 is 0.717 bits per heavy atom. The molecule has 19 nitrogen and oxygen atoms in total. The number of allylic oxidation sites excluding steroid dienone is 7. The number of carbonyl (C=O) groups is 1. The van der Waals surface area contributed by atoms with Crippen LogP contribution >= 0.6 is 0 Å². The number of carbonyl (C=O) groups excluding carboxylic acids is 1. The zero-order valence-corrected chi connectivity index (χ0v) is 57.0. The van der Waals surface area contributed by atoms with Crippen molar-refractivity contribution in [2.75, 3.05) is 26.4 Å². The molecule has 0 aromatic rings. The summed E-state index contributed by atoms with van der Waals surface area (Å²) in [4.78, 5) is 13.4.